The van der Waals surface area contributed by atoms with Crippen LogP contribution in [0.15, 0.2) is 0 Å². The average Bonchev–Trinajstić information content (AvgIpc) is 2.04. The number of amides is 1. The molecule has 4 nitrogen and oxygen atoms in total. The van der Waals surface area contributed by atoms with E-state index in [1.165, 1.54) is 12.0 Å². The number of carbonyl (C=O) groups excluding carboxylic acids is 1. The van der Waals surface area contributed by atoms with Crippen molar-refractivity contribution in [3.63, 3.8) is 0 Å². The van der Waals surface area contributed by atoms with Gasteiger partial charge in [0.2, 0.25) is 0 Å². The van der Waals surface area contributed by atoms with Crippen molar-refractivity contribution in [1.82, 2.24) is 4.90 Å². The van der Waals surface area contributed by atoms with Crippen LogP contribution in [0.4, 0.5) is 4.79 Å². The van der Waals surface area contributed by atoms with E-state index in [4.69, 9.17) is 0 Å². The highest BCUT2D eigenvalue weighted by atomic mass is 16.5. The van der Waals surface area contributed by atoms with Crippen LogP contribution in [0, 0.1) is 0 Å². The van der Waals surface area contributed by atoms with Crippen LogP contribution in [-0.4, -0.2) is 36.0 Å². The summed E-state index contributed by atoms with van der Waals surface area (Å²) < 4.78 is 4.49. The lowest BCUT2D eigenvalue weighted by Gasteiger charge is -2.30. The lowest BCUT2D eigenvalue weighted by atomic mass is 10.1. The summed E-state index contributed by atoms with van der Waals surface area (Å²) in [6.07, 6.45) is 1.52. The van der Waals surface area contributed by atoms with Gasteiger partial charge in [0.05, 0.1) is 7.11 Å². The number of aliphatic hydroxyl groups excluding tert-OH is 1. The molecule has 0 aromatic carbocycles. The highest BCUT2D eigenvalue weighted by Gasteiger charge is 2.24. The van der Waals surface area contributed by atoms with Crippen LogP contribution in [0.3, 0.4) is 0 Å². The van der Waals surface area contributed by atoms with Gasteiger partial charge in [-0.05, 0) is 19.3 Å². The number of methoxy groups -OCH3 is 1. The Morgan fingerprint density at radius 3 is 2.91 bits per heavy atom. The van der Waals surface area contributed by atoms with Gasteiger partial charge >= 0.3 is 6.09 Å². The fourth-order valence-corrected chi connectivity index (χ4v) is 1.24. The van der Waals surface area contributed by atoms with Crippen molar-refractivity contribution >= 4 is 6.09 Å². The predicted octanol–water partition coefficient (Wildman–Crippen LogP) is 0.557. The molecular formula is C7H13NO3. The van der Waals surface area contributed by atoms with Gasteiger partial charge in [-0.3, -0.25) is 4.90 Å². The predicted molar refractivity (Wildman–Crippen MR) is 39.0 cm³/mol. The Morgan fingerprint density at radius 2 is 2.36 bits per heavy atom. The van der Waals surface area contributed by atoms with E-state index in [0.717, 1.165) is 12.8 Å². The van der Waals surface area contributed by atoms with Crippen LogP contribution >= 0.6 is 0 Å². The van der Waals surface area contributed by atoms with Crippen LogP contribution in [0.2, 0.25) is 0 Å². The molecule has 0 saturated carbocycles. The summed E-state index contributed by atoms with van der Waals surface area (Å²) in [5.41, 5.74) is 0. The molecule has 1 saturated heterocycles. The topological polar surface area (TPSA) is 49.8 Å². The number of piperidine rings is 1. The van der Waals surface area contributed by atoms with Crippen LogP contribution in [0.1, 0.15) is 19.3 Å². The summed E-state index contributed by atoms with van der Waals surface area (Å²) >= 11 is 0. The molecule has 1 heterocycles. The molecule has 1 fully saturated rings. The molecule has 1 aliphatic heterocycles. The number of hydrogen-bond donors (Lipinski definition) is 1. The minimum atomic E-state index is -0.642. The van der Waals surface area contributed by atoms with Gasteiger partial charge in [0.25, 0.3) is 0 Å². The van der Waals surface area contributed by atoms with Crippen LogP contribution in [0.5, 0.6) is 0 Å². The quantitative estimate of drug-likeness (QED) is 0.561. The minimum absolute atomic E-state index is 0.433. The van der Waals surface area contributed by atoms with Gasteiger partial charge in [-0.15, -0.1) is 0 Å². The molecule has 0 bridgehead atoms. The maximum atomic E-state index is 10.9. The van der Waals surface area contributed by atoms with E-state index < -0.39 is 12.3 Å². The molecule has 1 aliphatic rings. The highest BCUT2D eigenvalue weighted by molar-refractivity contribution is 5.67. The number of rotatable bonds is 0. The number of aliphatic hydroxyl groups is 1. The molecule has 1 atom stereocenters. The third-order valence-electron chi connectivity index (χ3n) is 1.88. The molecule has 0 aromatic heterocycles. The van der Waals surface area contributed by atoms with E-state index in [1.54, 1.807) is 0 Å². The lowest BCUT2D eigenvalue weighted by molar-refractivity contribution is -0.0165. The summed E-state index contributed by atoms with van der Waals surface area (Å²) in [5, 5.41) is 9.30. The van der Waals surface area contributed by atoms with Crippen molar-refractivity contribution in [3.8, 4) is 0 Å². The molecule has 0 radical (unpaired) electrons. The number of likely N-dealkylation sites (tertiary alicyclic amines) is 1. The summed E-state index contributed by atoms with van der Waals surface area (Å²) in [7, 11) is 1.32. The van der Waals surface area contributed by atoms with Crippen LogP contribution in [-0.2, 0) is 4.74 Å². The van der Waals surface area contributed by atoms with E-state index in [1.807, 2.05) is 0 Å². The van der Waals surface area contributed by atoms with Crippen molar-refractivity contribution in [3.05, 3.63) is 0 Å². The molecule has 0 spiro atoms. The Balaban J connectivity index is 2.47. The van der Waals surface area contributed by atoms with E-state index in [2.05, 4.69) is 4.74 Å². The van der Waals surface area contributed by atoms with E-state index in [0.29, 0.717) is 13.0 Å². The standard InChI is InChI=1S/C7H13NO3/c1-11-7(10)8-5-3-2-4-6(8)9/h6,9H,2-5H2,1H3/t6-/m1/s1. The fraction of sp³-hybridized carbons (Fsp3) is 0.857. The second-order valence-electron chi connectivity index (χ2n) is 2.64. The summed E-state index contributed by atoms with van der Waals surface area (Å²) in [6, 6.07) is 0. The molecular weight excluding hydrogens is 146 g/mol. The van der Waals surface area contributed by atoms with Crippen molar-refractivity contribution in [2.45, 2.75) is 25.5 Å². The second-order valence-corrected chi connectivity index (χ2v) is 2.64. The molecule has 1 N–H and O–H groups in total. The Hall–Kier alpha value is -0.770. The Labute approximate surface area is 65.8 Å². The molecule has 0 aromatic rings. The van der Waals surface area contributed by atoms with Gasteiger partial charge < -0.3 is 9.84 Å². The lowest BCUT2D eigenvalue weighted by Crippen LogP contribution is -2.43. The smallest absolute Gasteiger partial charge is 0.411 e. The van der Waals surface area contributed by atoms with E-state index in [9.17, 15) is 9.90 Å². The van der Waals surface area contributed by atoms with Crippen molar-refractivity contribution in [2.24, 2.45) is 0 Å². The van der Waals surface area contributed by atoms with E-state index >= 15 is 0 Å². The fourth-order valence-electron chi connectivity index (χ4n) is 1.24. The van der Waals surface area contributed by atoms with Crippen LogP contribution in [0.25, 0.3) is 0 Å². The van der Waals surface area contributed by atoms with Crippen LogP contribution < -0.4 is 0 Å². The third kappa shape index (κ3) is 1.83. The van der Waals surface area contributed by atoms with Gasteiger partial charge in [-0.2, -0.15) is 0 Å². The number of ether oxygens (including phenoxy) is 1. The first kappa shape index (κ1) is 8.33. The molecule has 0 aliphatic carbocycles. The first-order valence-corrected chi connectivity index (χ1v) is 3.78. The molecule has 0 unspecified atom stereocenters. The highest BCUT2D eigenvalue weighted by Crippen LogP contribution is 2.14. The summed E-state index contributed by atoms with van der Waals surface area (Å²) in [5.74, 6) is 0. The zero-order chi connectivity index (χ0) is 8.27. The third-order valence-corrected chi connectivity index (χ3v) is 1.88. The SMILES string of the molecule is COC(=O)N1CCCC[C@H]1O. The normalized spacial score (nSPS) is 24.9. The van der Waals surface area contributed by atoms with E-state index in [-0.39, 0.29) is 0 Å². The zero-order valence-corrected chi connectivity index (χ0v) is 6.62. The van der Waals surface area contributed by atoms with Gasteiger partial charge in [0.15, 0.2) is 0 Å². The monoisotopic (exact) mass is 159 g/mol. The second kappa shape index (κ2) is 3.57. The van der Waals surface area contributed by atoms with Crippen molar-refractivity contribution in [2.75, 3.05) is 13.7 Å². The molecule has 1 amide bonds. The minimum Gasteiger partial charge on any atom is -0.453 e. The first-order chi connectivity index (χ1) is 5.25. The molecule has 1 rings (SSSR count). The first-order valence-electron chi connectivity index (χ1n) is 3.78. The Kier molecular flexibility index (Phi) is 2.70. The van der Waals surface area contributed by atoms with Gasteiger partial charge in [0.1, 0.15) is 6.23 Å². The van der Waals surface area contributed by atoms with Crippen molar-refractivity contribution < 1.29 is 14.6 Å². The maximum absolute atomic E-state index is 10.9. The Bertz CT molecular complexity index is 149. The summed E-state index contributed by atoms with van der Waals surface area (Å²) in [4.78, 5) is 12.3. The average molecular weight is 159 g/mol. The Morgan fingerprint density at radius 1 is 1.64 bits per heavy atom. The van der Waals surface area contributed by atoms with Gasteiger partial charge in [-0.1, -0.05) is 0 Å². The largest absolute Gasteiger partial charge is 0.453 e. The number of nitrogens with zero attached hydrogens (tertiary/aromatic N) is 1. The molecule has 11 heavy (non-hydrogen) atoms. The molecule has 64 valence electrons. The summed E-state index contributed by atoms with van der Waals surface area (Å²) in [6.45, 7) is 0.605. The van der Waals surface area contributed by atoms with Crippen molar-refractivity contribution in [1.29, 1.82) is 0 Å². The number of carbonyl (C=O) groups is 1. The van der Waals surface area contributed by atoms with Gasteiger partial charge in [0, 0.05) is 6.54 Å². The molecule has 4 heteroatoms. The number of hydrogen-bond acceptors (Lipinski definition) is 3. The maximum Gasteiger partial charge on any atom is 0.411 e. The van der Waals surface area contributed by atoms with Gasteiger partial charge in [-0.25, -0.2) is 4.79 Å². The zero-order valence-electron chi connectivity index (χ0n) is 6.62.